The van der Waals surface area contributed by atoms with Gasteiger partial charge in [0.05, 0.1) is 12.9 Å². The molecule has 21 heavy (non-hydrogen) atoms. The maximum Gasteiger partial charge on any atom is 0.332 e. The van der Waals surface area contributed by atoms with E-state index in [0.29, 0.717) is 0 Å². The van der Waals surface area contributed by atoms with Gasteiger partial charge in [0.2, 0.25) is 0 Å². The summed E-state index contributed by atoms with van der Waals surface area (Å²) in [6.07, 6.45) is -3.44. The molecule has 11 heteroatoms. The van der Waals surface area contributed by atoms with Crippen molar-refractivity contribution in [3.05, 3.63) is 27.2 Å². The molecule has 1 fully saturated rings. The first-order valence-electron chi connectivity index (χ1n) is 6.05. The molecule has 0 spiro atoms. The van der Waals surface area contributed by atoms with Crippen LogP contribution in [0.5, 0.6) is 0 Å². The van der Waals surface area contributed by atoms with Crippen molar-refractivity contribution >= 4 is 20.6 Å². The average Bonchev–Trinajstić information content (AvgIpc) is 2.99. The van der Waals surface area contributed by atoms with E-state index in [1.54, 1.807) is 0 Å². The molecule has 0 bridgehead atoms. The number of fused-ring (bicyclic) bond motifs is 1. The Bertz CT molecular complexity index is 797. The molecule has 0 radical (unpaired) electrons. The summed E-state index contributed by atoms with van der Waals surface area (Å²) >= 11 is 0. The molecule has 0 aliphatic carbocycles. The van der Waals surface area contributed by atoms with Gasteiger partial charge in [0.25, 0.3) is 5.56 Å². The zero-order valence-electron chi connectivity index (χ0n) is 10.6. The summed E-state index contributed by atoms with van der Waals surface area (Å²) < 4.78 is 7.37. The van der Waals surface area contributed by atoms with Crippen molar-refractivity contribution in [2.75, 3.05) is 6.61 Å². The van der Waals surface area contributed by atoms with E-state index in [1.165, 1.54) is 10.9 Å². The van der Waals surface area contributed by atoms with E-state index in [1.807, 2.05) is 9.39 Å². The number of aliphatic hydroxyl groups is 3. The zero-order chi connectivity index (χ0) is 15.3. The highest BCUT2D eigenvalue weighted by Gasteiger charge is 2.43. The van der Waals surface area contributed by atoms with Crippen molar-refractivity contribution in [1.29, 1.82) is 0 Å². The van der Waals surface area contributed by atoms with E-state index in [4.69, 9.17) is 9.84 Å². The Morgan fingerprint density at radius 3 is 2.71 bits per heavy atom. The van der Waals surface area contributed by atoms with Crippen molar-refractivity contribution in [3.8, 4) is 0 Å². The van der Waals surface area contributed by atoms with E-state index in [2.05, 4.69) is 9.97 Å². The van der Waals surface area contributed by atoms with Crippen LogP contribution in [0.15, 0.2) is 15.9 Å². The predicted octanol–water partition coefficient (Wildman–Crippen LogP) is -2.86. The van der Waals surface area contributed by atoms with Gasteiger partial charge in [-0.1, -0.05) is 0 Å². The van der Waals surface area contributed by atoms with E-state index >= 15 is 0 Å². The highest BCUT2D eigenvalue weighted by molar-refractivity contribution is 7.14. The van der Waals surface area contributed by atoms with Crippen molar-refractivity contribution in [1.82, 2.24) is 18.9 Å². The summed E-state index contributed by atoms with van der Waals surface area (Å²) in [5, 5.41) is 28.8. The summed E-state index contributed by atoms with van der Waals surface area (Å²) in [6.45, 7) is -0.476. The minimum Gasteiger partial charge on any atom is -0.394 e. The fourth-order valence-corrected chi connectivity index (χ4v) is 2.50. The van der Waals surface area contributed by atoms with Crippen LogP contribution in [-0.2, 0) is 4.74 Å². The van der Waals surface area contributed by atoms with E-state index < -0.39 is 42.4 Å². The Morgan fingerprint density at radius 1 is 1.38 bits per heavy atom. The molecule has 114 valence electrons. The van der Waals surface area contributed by atoms with Crippen LogP contribution in [0.25, 0.3) is 11.2 Å². The van der Waals surface area contributed by atoms with Crippen LogP contribution in [0.1, 0.15) is 6.23 Å². The van der Waals surface area contributed by atoms with E-state index in [9.17, 15) is 19.8 Å². The second-order valence-corrected chi connectivity index (χ2v) is 5.20. The minimum absolute atomic E-state index is 0.0117. The number of hydrogen-bond donors (Lipinski definition) is 4. The van der Waals surface area contributed by atoms with E-state index in [-0.39, 0.29) is 11.2 Å². The highest BCUT2D eigenvalue weighted by Crippen LogP contribution is 2.30. The molecule has 2 aromatic heterocycles. The fourth-order valence-electron chi connectivity index (χ4n) is 2.31. The molecular formula is C10H13N4O6P. The molecule has 3 heterocycles. The molecule has 0 saturated carbocycles. The van der Waals surface area contributed by atoms with Crippen molar-refractivity contribution in [2.45, 2.75) is 24.5 Å². The first-order valence-corrected chi connectivity index (χ1v) is 6.56. The number of nitrogens with zero attached hydrogens (tertiary/aromatic N) is 3. The summed E-state index contributed by atoms with van der Waals surface area (Å²) in [6, 6.07) is 0. The number of aromatic nitrogens is 4. The van der Waals surface area contributed by atoms with Crippen LogP contribution >= 0.6 is 9.39 Å². The monoisotopic (exact) mass is 316 g/mol. The molecule has 0 amide bonds. The molecule has 3 unspecified atom stereocenters. The Morgan fingerprint density at radius 2 is 2.10 bits per heavy atom. The summed E-state index contributed by atoms with van der Waals surface area (Å²) in [4.78, 5) is 29.9. The normalized spacial score (nSPS) is 29.3. The van der Waals surface area contributed by atoms with Gasteiger partial charge in [-0.25, -0.2) is 14.1 Å². The van der Waals surface area contributed by atoms with Crippen LogP contribution in [-0.4, -0.2) is 59.1 Å². The minimum atomic E-state index is -1.33. The number of hydrogen-bond acceptors (Lipinski definition) is 7. The number of nitrogens with one attached hydrogen (secondary N) is 1. The third-order valence-electron chi connectivity index (χ3n) is 3.45. The average molecular weight is 316 g/mol. The van der Waals surface area contributed by atoms with Gasteiger partial charge < -0.3 is 20.1 Å². The second kappa shape index (κ2) is 5.00. The van der Waals surface area contributed by atoms with Gasteiger partial charge in [0.1, 0.15) is 24.0 Å². The van der Waals surface area contributed by atoms with Crippen molar-refractivity contribution in [3.63, 3.8) is 0 Å². The smallest absolute Gasteiger partial charge is 0.332 e. The van der Waals surface area contributed by atoms with E-state index in [0.717, 1.165) is 4.34 Å². The third kappa shape index (κ3) is 2.03. The molecule has 5 atom stereocenters. The Kier molecular flexibility index (Phi) is 3.42. The quantitative estimate of drug-likeness (QED) is 0.436. The van der Waals surface area contributed by atoms with Crippen LogP contribution in [0.2, 0.25) is 0 Å². The molecular weight excluding hydrogens is 303 g/mol. The fraction of sp³-hybridized carbons (Fsp3) is 0.500. The number of ether oxygens (including phenoxy) is 1. The highest BCUT2D eigenvalue weighted by atomic mass is 31.0. The zero-order valence-corrected chi connectivity index (χ0v) is 11.7. The first kappa shape index (κ1) is 14.4. The van der Waals surface area contributed by atoms with Gasteiger partial charge in [0, 0.05) is 0 Å². The van der Waals surface area contributed by atoms with Crippen LogP contribution in [0.3, 0.4) is 0 Å². The first-order chi connectivity index (χ1) is 9.95. The maximum atomic E-state index is 11.9. The number of aromatic amines is 1. The molecule has 3 rings (SSSR count). The van der Waals surface area contributed by atoms with Crippen LogP contribution in [0, 0.1) is 0 Å². The molecule has 10 nitrogen and oxygen atoms in total. The van der Waals surface area contributed by atoms with Crippen molar-refractivity contribution in [2.24, 2.45) is 0 Å². The number of rotatable bonds is 2. The summed E-state index contributed by atoms with van der Waals surface area (Å²) in [5.74, 6) is 0. The lowest BCUT2D eigenvalue weighted by molar-refractivity contribution is -0.0511. The second-order valence-electron chi connectivity index (χ2n) is 4.68. The van der Waals surface area contributed by atoms with Gasteiger partial charge in [-0.05, 0) is 9.39 Å². The number of H-pyrrole nitrogens is 1. The molecule has 1 saturated heterocycles. The molecule has 1 aliphatic rings. The van der Waals surface area contributed by atoms with Crippen LogP contribution in [0.4, 0.5) is 0 Å². The van der Waals surface area contributed by atoms with Gasteiger partial charge >= 0.3 is 5.69 Å². The predicted molar refractivity (Wildman–Crippen MR) is 72.7 cm³/mol. The van der Waals surface area contributed by atoms with Crippen molar-refractivity contribution < 1.29 is 20.1 Å². The molecule has 1 aliphatic heterocycles. The number of aliphatic hydroxyl groups excluding tert-OH is 3. The Balaban J connectivity index is 2.15. The number of imidazole rings is 1. The standard InChI is InChI=1S/C10H13N4O6P/c15-1-3-5(16)6(17)9(20-3)13-2-11-4-7(13)12-10(19)14(21)8(4)18/h2-3,5-6,9,15-17H,1,21H2,(H,12,19)/t3-,5?,6?,9-/m0/s1. The molecule has 4 N–H and O–H groups in total. The molecule has 0 aromatic carbocycles. The SMILES string of the molecule is O=c1[nH]c2c(ncn2[C@H]2O[C@@H](CO)C(O)C2O)c(=O)n1P. The lowest BCUT2D eigenvalue weighted by Gasteiger charge is -2.16. The maximum absolute atomic E-state index is 11.9. The van der Waals surface area contributed by atoms with Gasteiger partial charge in [-0.2, -0.15) is 0 Å². The van der Waals surface area contributed by atoms with Gasteiger partial charge in [-0.15, -0.1) is 0 Å². The van der Waals surface area contributed by atoms with Crippen LogP contribution < -0.4 is 11.2 Å². The summed E-state index contributed by atoms with van der Waals surface area (Å²) in [5.41, 5.74) is -1.24. The largest absolute Gasteiger partial charge is 0.394 e. The Hall–Kier alpha value is -1.58. The Labute approximate surface area is 118 Å². The lowest BCUT2D eigenvalue weighted by Crippen LogP contribution is -2.33. The third-order valence-corrected chi connectivity index (χ3v) is 3.92. The topological polar surface area (TPSA) is 143 Å². The van der Waals surface area contributed by atoms with Gasteiger partial charge in [-0.3, -0.25) is 14.3 Å². The molecule has 2 aromatic rings. The lowest BCUT2D eigenvalue weighted by atomic mass is 10.1. The van der Waals surface area contributed by atoms with Gasteiger partial charge in [0.15, 0.2) is 11.7 Å². The summed E-state index contributed by atoms with van der Waals surface area (Å²) in [7, 11) is 1.97.